The third kappa shape index (κ3) is 1.56. The van der Waals surface area contributed by atoms with Gasteiger partial charge >= 0.3 is 0 Å². The summed E-state index contributed by atoms with van der Waals surface area (Å²) in [4.78, 5) is 10.8. The normalized spacial score (nSPS) is 9.80. The highest BCUT2D eigenvalue weighted by Crippen LogP contribution is 1.96. The second-order valence-electron chi connectivity index (χ2n) is 1.92. The molecule has 0 aliphatic carbocycles. The molecule has 0 saturated heterocycles. The summed E-state index contributed by atoms with van der Waals surface area (Å²) in [6, 6.07) is 3.27. The first-order chi connectivity index (χ1) is 4.74. The minimum atomic E-state index is -0.0615. The van der Waals surface area contributed by atoms with Crippen molar-refractivity contribution in [2.45, 2.75) is 4.43 Å². The summed E-state index contributed by atoms with van der Waals surface area (Å²) in [5.74, 6) is 0. The molecule has 0 spiro atoms. The fourth-order valence-electron chi connectivity index (χ4n) is 0.622. The Labute approximate surface area is 72.2 Å². The van der Waals surface area contributed by atoms with Crippen LogP contribution < -0.4 is 5.56 Å². The van der Waals surface area contributed by atoms with Crippen molar-refractivity contribution >= 4 is 22.6 Å². The van der Waals surface area contributed by atoms with Crippen LogP contribution in [0.5, 0.6) is 0 Å². The summed E-state index contributed by atoms with van der Waals surface area (Å²) in [7, 11) is 1.65. The number of alkyl halides is 1. The van der Waals surface area contributed by atoms with Crippen LogP contribution in [0.2, 0.25) is 0 Å². The summed E-state index contributed by atoms with van der Waals surface area (Å²) >= 11 is 2.20. The minimum absolute atomic E-state index is 0.0615. The molecule has 4 heteroatoms. The van der Waals surface area contributed by atoms with Crippen molar-refractivity contribution < 1.29 is 0 Å². The molecule has 0 amide bonds. The fraction of sp³-hybridized carbons (Fsp3) is 0.333. The Hall–Kier alpha value is -0.390. The van der Waals surface area contributed by atoms with Gasteiger partial charge in [-0.15, -0.1) is 0 Å². The number of hydrogen-bond donors (Lipinski definition) is 0. The highest BCUT2D eigenvalue weighted by Gasteiger charge is 1.92. The Balaban J connectivity index is 3.17. The maximum absolute atomic E-state index is 10.8. The summed E-state index contributed by atoms with van der Waals surface area (Å²) < 4.78 is 2.18. The molecular weight excluding hydrogens is 243 g/mol. The third-order valence-corrected chi connectivity index (χ3v) is 1.93. The van der Waals surface area contributed by atoms with Gasteiger partial charge < -0.3 is 0 Å². The molecule has 0 saturated carbocycles. The second-order valence-corrected chi connectivity index (χ2v) is 2.68. The molecule has 1 aromatic heterocycles. The second kappa shape index (κ2) is 3.14. The standard InChI is InChI=1S/C6H7IN2O/c1-9-6(10)3-2-5(4-7)8-9/h2-3H,4H2,1H3. The number of aryl methyl sites for hydroxylation is 1. The first kappa shape index (κ1) is 7.71. The maximum atomic E-state index is 10.8. The molecular formula is C6H7IN2O. The smallest absolute Gasteiger partial charge is 0.266 e. The Kier molecular flexibility index (Phi) is 2.42. The van der Waals surface area contributed by atoms with Crippen LogP contribution in [0.4, 0.5) is 0 Å². The number of aromatic nitrogens is 2. The van der Waals surface area contributed by atoms with Crippen molar-refractivity contribution in [3.8, 4) is 0 Å². The van der Waals surface area contributed by atoms with E-state index in [2.05, 4.69) is 27.7 Å². The van der Waals surface area contributed by atoms with Crippen LogP contribution >= 0.6 is 22.6 Å². The van der Waals surface area contributed by atoms with E-state index in [-0.39, 0.29) is 5.56 Å². The monoisotopic (exact) mass is 250 g/mol. The van der Waals surface area contributed by atoms with E-state index in [1.54, 1.807) is 13.1 Å². The van der Waals surface area contributed by atoms with Crippen molar-refractivity contribution in [1.29, 1.82) is 0 Å². The molecule has 54 valence electrons. The van der Waals surface area contributed by atoms with Crippen molar-refractivity contribution in [3.63, 3.8) is 0 Å². The number of hydrogen-bond acceptors (Lipinski definition) is 2. The molecule has 0 atom stereocenters. The summed E-state index contributed by atoms with van der Waals surface area (Å²) in [6.45, 7) is 0. The summed E-state index contributed by atoms with van der Waals surface area (Å²) in [5.41, 5.74) is 0.872. The van der Waals surface area contributed by atoms with Gasteiger partial charge in [0.25, 0.3) is 5.56 Å². The molecule has 0 N–H and O–H groups in total. The molecule has 1 rings (SSSR count). The molecule has 1 heterocycles. The van der Waals surface area contributed by atoms with Crippen molar-refractivity contribution in [2.75, 3.05) is 0 Å². The average Bonchev–Trinajstić information content (AvgIpc) is 1.95. The molecule has 0 radical (unpaired) electrons. The van der Waals surface area contributed by atoms with Gasteiger partial charge in [0, 0.05) is 17.5 Å². The lowest BCUT2D eigenvalue weighted by Crippen LogP contribution is -2.18. The lowest BCUT2D eigenvalue weighted by Gasteiger charge is -1.96. The zero-order valence-electron chi connectivity index (χ0n) is 5.54. The summed E-state index contributed by atoms with van der Waals surface area (Å²) in [6.07, 6.45) is 0. The number of halogens is 1. The average molecular weight is 250 g/mol. The Morgan fingerprint density at radius 1 is 1.70 bits per heavy atom. The van der Waals surface area contributed by atoms with E-state index >= 15 is 0 Å². The molecule has 3 nitrogen and oxygen atoms in total. The van der Waals surface area contributed by atoms with Crippen LogP contribution in [0.1, 0.15) is 5.69 Å². The van der Waals surface area contributed by atoms with Gasteiger partial charge in [0.15, 0.2) is 0 Å². The molecule has 0 fully saturated rings. The predicted molar refractivity (Wildman–Crippen MR) is 47.2 cm³/mol. The zero-order valence-corrected chi connectivity index (χ0v) is 7.70. The molecule has 0 aliphatic heterocycles. The van der Waals surface area contributed by atoms with E-state index in [1.165, 1.54) is 10.7 Å². The van der Waals surface area contributed by atoms with Gasteiger partial charge in [0.1, 0.15) is 0 Å². The molecule has 0 aliphatic rings. The van der Waals surface area contributed by atoms with Crippen LogP contribution in [0.25, 0.3) is 0 Å². The van der Waals surface area contributed by atoms with Gasteiger partial charge in [-0.3, -0.25) is 4.79 Å². The summed E-state index contributed by atoms with van der Waals surface area (Å²) in [5, 5.41) is 3.99. The molecule has 0 unspecified atom stereocenters. The first-order valence-corrected chi connectivity index (χ1v) is 4.36. The molecule has 0 aromatic carbocycles. The fourth-order valence-corrected chi connectivity index (χ4v) is 1.03. The van der Waals surface area contributed by atoms with Gasteiger partial charge in [-0.05, 0) is 6.07 Å². The van der Waals surface area contributed by atoms with Crippen LogP contribution in [0.15, 0.2) is 16.9 Å². The maximum Gasteiger partial charge on any atom is 0.266 e. The lowest BCUT2D eigenvalue weighted by molar-refractivity contribution is 0.692. The van der Waals surface area contributed by atoms with E-state index in [0.29, 0.717) is 0 Å². The first-order valence-electron chi connectivity index (χ1n) is 2.83. The highest BCUT2D eigenvalue weighted by molar-refractivity contribution is 14.1. The Morgan fingerprint density at radius 2 is 2.40 bits per heavy atom. The zero-order chi connectivity index (χ0) is 7.56. The third-order valence-electron chi connectivity index (χ3n) is 1.15. The van der Waals surface area contributed by atoms with Crippen molar-refractivity contribution in [2.24, 2.45) is 7.05 Å². The van der Waals surface area contributed by atoms with Crippen molar-refractivity contribution in [1.82, 2.24) is 9.78 Å². The SMILES string of the molecule is Cn1nc(CI)ccc1=O. The van der Waals surface area contributed by atoms with E-state index in [9.17, 15) is 4.79 Å². The topological polar surface area (TPSA) is 34.9 Å². The largest absolute Gasteiger partial charge is 0.268 e. The Bertz CT molecular complexity index is 281. The van der Waals surface area contributed by atoms with Crippen LogP contribution in [-0.4, -0.2) is 9.78 Å². The number of rotatable bonds is 1. The highest BCUT2D eigenvalue weighted by atomic mass is 127. The van der Waals surface area contributed by atoms with E-state index < -0.39 is 0 Å². The van der Waals surface area contributed by atoms with Gasteiger partial charge in [-0.25, -0.2) is 4.68 Å². The van der Waals surface area contributed by atoms with E-state index in [1.807, 2.05) is 0 Å². The molecule has 0 bridgehead atoms. The lowest BCUT2D eigenvalue weighted by atomic mass is 10.4. The predicted octanol–water partition coefficient (Wildman–Crippen LogP) is 0.715. The quantitative estimate of drug-likeness (QED) is 0.543. The van der Waals surface area contributed by atoms with Gasteiger partial charge in [-0.2, -0.15) is 5.10 Å². The van der Waals surface area contributed by atoms with Crippen LogP contribution in [0, 0.1) is 0 Å². The number of nitrogens with zero attached hydrogens (tertiary/aromatic N) is 2. The van der Waals surface area contributed by atoms with Gasteiger partial charge in [0.2, 0.25) is 0 Å². The van der Waals surface area contributed by atoms with E-state index in [0.717, 1.165) is 10.1 Å². The van der Waals surface area contributed by atoms with Gasteiger partial charge in [0.05, 0.1) is 5.69 Å². The molecule has 1 aromatic rings. The molecule has 10 heavy (non-hydrogen) atoms. The van der Waals surface area contributed by atoms with E-state index in [4.69, 9.17) is 0 Å². The van der Waals surface area contributed by atoms with Crippen molar-refractivity contribution in [3.05, 3.63) is 28.2 Å². The minimum Gasteiger partial charge on any atom is -0.268 e. The Morgan fingerprint density at radius 3 is 2.90 bits per heavy atom. The van der Waals surface area contributed by atoms with Crippen LogP contribution in [-0.2, 0) is 11.5 Å². The van der Waals surface area contributed by atoms with Crippen LogP contribution in [0.3, 0.4) is 0 Å². The van der Waals surface area contributed by atoms with Gasteiger partial charge in [-0.1, -0.05) is 22.6 Å².